The average Bonchev–Trinajstić information content (AvgIpc) is 2.94. The van der Waals surface area contributed by atoms with E-state index in [1.807, 2.05) is 20.9 Å². The maximum absolute atomic E-state index is 12.9. The van der Waals surface area contributed by atoms with Crippen molar-refractivity contribution in [2.45, 2.75) is 32.1 Å². The Morgan fingerprint density at radius 2 is 1.62 bits per heavy atom. The quantitative estimate of drug-likeness (QED) is 0.683. The second-order valence-electron chi connectivity index (χ2n) is 7.32. The number of sulfonamides is 1. The molecule has 0 spiro atoms. The predicted molar refractivity (Wildman–Crippen MR) is 108 cm³/mol. The molecular formula is C20H26N4O4S. The Morgan fingerprint density at radius 1 is 1.03 bits per heavy atom. The first-order valence-electron chi connectivity index (χ1n) is 9.49. The highest BCUT2D eigenvalue weighted by molar-refractivity contribution is 7.89. The third-order valence-corrected chi connectivity index (χ3v) is 7.39. The van der Waals surface area contributed by atoms with Gasteiger partial charge < -0.3 is 4.90 Å². The van der Waals surface area contributed by atoms with Crippen molar-refractivity contribution >= 4 is 21.7 Å². The standard InChI is InChI=1S/C20H26N4O4S/c1-14-19(15(2)22(4)21-14)13-20(26)23-9-11-24(12-10-23)29(27,28)18-7-5-17(6-8-18)16(3)25/h5-8H,9-13H2,1-4H3. The molecule has 0 N–H and O–H groups in total. The monoisotopic (exact) mass is 418 g/mol. The molecule has 0 saturated carbocycles. The normalized spacial score (nSPS) is 15.5. The molecule has 1 saturated heterocycles. The molecule has 0 radical (unpaired) electrons. The fourth-order valence-electron chi connectivity index (χ4n) is 3.52. The number of aryl methyl sites for hydroxylation is 2. The highest BCUT2D eigenvalue weighted by Gasteiger charge is 2.30. The van der Waals surface area contributed by atoms with Crippen LogP contribution in [0.3, 0.4) is 0 Å². The van der Waals surface area contributed by atoms with Gasteiger partial charge in [0.15, 0.2) is 5.78 Å². The number of rotatable bonds is 5. The third-order valence-electron chi connectivity index (χ3n) is 5.48. The summed E-state index contributed by atoms with van der Waals surface area (Å²) < 4.78 is 28.9. The van der Waals surface area contributed by atoms with Crippen LogP contribution in [0.1, 0.15) is 34.2 Å². The molecule has 0 bridgehead atoms. The zero-order valence-electron chi connectivity index (χ0n) is 17.2. The van der Waals surface area contributed by atoms with E-state index in [9.17, 15) is 18.0 Å². The molecular weight excluding hydrogens is 392 g/mol. The van der Waals surface area contributed by atoms with Crippen molar-refractivity contribution in [1.82, 2.24) is 19.0 Å². The molecule has 1 aliphatic heterocycles. The van der Waals surface area contributed by atoms with Crippen LogP contribution in [0.4, 0.5) is 0 Å². The van der Waals surface area contributed by atoms with Crippen molar-refractivity contribution in [1.29, 1.82) is 0 Å². The van der Waals surface area contributed by atoms with Gasteiger partial charge in [0.05, 0.1) is 17.0 Å². The van der Waals surface area contributed by atoms with E-state index < -0.39 is 10.0 Å². The van der Waals surface area contributed by atoms with Crippen LogP contribution in [0.15, 0.2) is 29.2 Å². The summed E-state index contributed by atoms with van der Waals surface area (Å²) in [6, 6.07) is 5.95. The Hall–Kier alpha value is -2.52. The second-order valence-corrected chi connectivity index (χ2v) is 9.25. The Balaban J connectivity index is 1.64. The van der Waals surface area contributed by atoms with Crippen molar-refractivity contribution in [2.75, 3.05) is 26.2 Å². The smallest absolute Gasteiger partial charge is 0.243 e. The molecule has 1 fully saturated rings. The summed E-state index contributed by atoms with van der Waals surface area (Å²) in [6.07, 6.45) is 0.269. The van der Waals surface area contributed by atoms with Gasteiger partial charge in [-0.1, -0.05) is 12.1 Å². The van der Waals surface area contributed by atoms with Crippen LogP contribution in [0.2, 0.25) is 0 Å². The van der Waals surface area contributed by atoms with Crippen molar-refractivity contribution in [2.24, 2.45) is 7.05 Å². The van der Waals surface area contributed by atoms with Crippen LogP contribution in [0.25, 0.3) is 0 Å². The maximum Gasteiger partial charge on any atom is 0.243 e. The number of amides is 1. The summed E-state index contributed by atoms with van der Waals surface area (Å²) in [4.78, 5) is 25.9. The van der Waals surface area contributed by atoms with Gasteiger partial charge in [-0.05, 0) is 32.9 Å². The number of hydrogen-bond donors (Lipinski definition) is 0. The van der Waals surface area contributed by atoms with Crippen LogP contribution in [0, 0.1) is 13.8 Å². The summed E-state index contributed by atoms with van der Waals surface area (Å²) in [5.74, 6) is -0.132. The van der Waals surface area contributed by atoms with E-state index in [-0.39, 0.29) is 36.1 Å². The summed E-state index contributed by atoms with van der Waals surface area (Å²) in [6.45, 7) is 6.45. The first kappa shape index (κ1) is 21.2. The summed E-state index contributed by atoms with van der Waals surface area (Å²) in [5, 5.41) is 4.34. The number of nitrogens with zero attached hydrogens (tertiary/aromatic N) is 4. The average molecular weight is 419 g/mol. The zero-order valence-corrected chi connectivity index (χ0v) is 18.0. The molecule has 8 nitrogen and oxygen atoms in total. The van der Waals surface area contributed by atoms with Gasteiger partial charge in [0.2, 0.25) is 15.9 Å². The summed E-state index contributed by atoms with van der Waals surface area (Å²) >= 11 is 0. The van der Waals surface area contributed by atoms with E-state index in [2.05, 4.69) is 5.10 Å². The summed E-state index contributed by atoms with van der Waals surface area (Å²) in [7, 11) is -1.80. The lowest BCUT2D eigenvalue weighted by molar-refractivity contribution is -0.131. The molecule has 2 heterocycles. The molecule has 1 amide bonds. The highest BCUT2D eigenvalue weighted by atomic mass is 32.2. The minimum atomic E-state index is -3.65. The van der Waals surface area contributed by atoms with Crippen molar-refractivity contribution in [3.05, 3.63) is 46.8 Å². The van der Waals surface area contributed by atoms with Gasteiger partial charge in [-0.2, -0.15) is 9.40 Å². The second kappa shape index (κ2) is 8.08. The Kier molecular flexibility index (Phi) is 5.90. The number of carbonyl (C=O) groups excluding carboxylic acids is 2. The number of benzene rings is 1. The number of hydrogen-bond acceptors (Lipinski definition) is 5. The molecule has 29 heavy (non-hydrogen) atoms. The fraction of sp³-hybridized carbons (Fsp3) is 0.450. The molecule has 1 aromatic carbocycles. The number of aromatic nitrogens is 2. The molecule has 2 aromatic rings. The van der Waals surface area contributed by atoms with Crippen molar-refractivity contribution in [3.8, 4) is 0 Å². The molecule has 0 atom stereocenters. The Morgan fingerprint density at radius 3 is 2.10 bits per heavy atom. The molecule has 0 unspecified atom stereocenters. The van der Waals surface area contributed by atoms with E-state index in [0.717, 1.165) is 17.0 Å². The fourth-order valence-corrected chi connectivity index (χ4v) is 4.95. The number of piperazine rings is 1. The van der Waals surface area contributed by atoms with Crippen LogP contribution in [-0.4, -0.2) is 65.3 Å². The van der Waals surface area contributed by atoms with Gasteiger partial charge in [-0.3, -0.25) is 14.3 Å². The Labute approximate surface area is 171 Å². The largest absolute Gasteiger partial charge is 0.340 e. The molecule has 1 aromatic heterocycles. The number of carbonyl (C=O) groups is 2. The SMILES string of the molecule is CC(=O)c1ccc(S(=O)(=O)N2CCN(C(=O)Cc3c(C)nn(C)c3C)CC2)cc1. The van der Waals surface area contributed by atoms with E-state index in [4.69, 9.17) is 0 Å². The number of ketones is 1. The van der Waals surface area contributed by atoms with E-state index in [1.165, 1.54) is 35.5 Å². The lowest BCUT2D eigenvalue weighted by Crippen LogP contribution is -2.50. The zero-order chi connectivity index (χ0) is 21.3. The molecule has 3 rings (SSSR count). The van der Waals surface area contributed by atoms with Crippen LogP contribution in [-0.2, 0) is 28.3 Å². The number of Topliss-reactive ketones (excluding diaryl/α,β-unsaturated/α-hetero) is 1. The molecule has 9 heteroatoms. The van der Waals surface area contributed by atoms with E-state index in [0.29, 0.717) is 18.7 Å². The molecule has 0 aliphatic carbocycles. The van der Waals surface area contributed by atoms with Gasteiger partial charge in [-0.25, -0.2) is 8.42 Å². The topological polar surface area (TPSA) is 92.6 Å². The van der Waals surface area contributed by atoms with Gasteiger partial charge in [-0.15, -0.1) is 0 Å². The molecule has 156 valence electrons. The van der Waals surface area contributed by atoms with Gasteiger partial charge >= 0.3 is 0 Å². The van der Waals surface area contributed by atoms with Crippen LogP contribution in [0.5, 0.6) is 0 Å². The third kappa shape index (κ3) is 4.25. The predicted octanol–water partition coefficient (Wildman–Crippen LogP) is 1.32. The van der Waals surface area contributed by atoms with Crippen LogP contribution >= 0.6 is 0 Å². The highest BCUT2D eigenvalue weighted by Crippen LogP contribution is 2.20. The molecule has 1 aliphatic rings. The Bertz CT molecular complexity index is 1030. The summed E-state index contributed by atoms with van der Waals surface area (Å²) in [5.41, 5.74) is 3.21. The first-order chi connectivity index (χ1) is 13.6. The van der Waals surface area contributed by atoms with E-state index in [1.54, 1.807) is 9.58 Å². The van der Waals surface area contributed by atoms with E-state index >= 15 is 0 Å². The van der Waals surface area contributed by atoms with Gasteiger partial charge in [0, 0.05) is 50.0 Å². The first-order valence-corrected chi connectivity index (χ1v) is 10.9. The maximum atomic E-state index is 12.9. The lowest BCUT2D eigenvalue weighted by Gasteiger charge is -2.34. The minimum Gasteiger partial charge on any atom is -0.340 e. The van der Waals surface area contributed by atoms with Crippen LogP contribution < -0.4 is 0 Å². The van der Waals surface area contributed by atoms with Gasteiger partial charge in [0.1, 0.15) is 0 Å². The van der Waals surface area contributed by atoms with Gasteiger partial charge in [0.25, 0.3) is 0 Å². The van der Waals surface area contributed by atoms with Crippen molar-refractivity contribution in [3.63, 3.8) is 0 Å². The minimum absolute atomic E-state index is 0.0212. The van der Waals surface area contributed by atoms with Crippen molar-refractivity contribution < 1.29 is 18.0 Å². The lowest BCUT2D eigenvalue weighted by atomic mass is 10.1.